The van der Waals surface area contributed by atoms with Crippen LogP contribution in [0.1, 0.15) is 33.2 Å². The summed E-state index contributed by atoms with van der Waals surface area (Å²) >= 11 is 2.48. The molecule has 0 aliphatic carbocycles. The Hall–Kier alpha value is -0.0600. The van der Waals surface area contributed by atoms with Crippen molar-refractivity contribution in [3.8, 4) is 0 Å². The van der Waals surface area contributed by atoms with Crippen molar-refractivity contribution in [2.24, 2.45) is 5.92 Å². The number of alkyl halides is 1. The first-order chi connectivity index (χ1) is 6.11. The third-order valence-corrected chi connectivity index (χ3v) is 2.75. The second kappa shape index (κ2) is 4.98. The van der Waals surface area contributed by atoms with Gasteiger partial charge in [-0.25, -0.2) is 4.98 Å². The lowest BCUT2D eigenvalue weighted by Crippen LogP contribution is -2.16. The van der Waals surface area contributed by atoms with Gasteiger partial charge in [-0.15, -0.1) is 0 Å². The minimum absolute atomic E-state index is 0.592. The molecule has 2 nitrogen and oxygen atoms in total. The summed E-state index contributed by atoms with van der Waals surface area (Å²) < 4.78 is 2.94. The van der Waals surface area contributed by atoms with E-state index >= 15 is 0 Å². The van der Waals surface area contributed by atoms with Crippen molar-refractivity contribution in [1.82, 2.24) is 9.55 Å². The highest BCUT2D eigenvalue weighted by atomic mass is 127. The van der Waals surface area contributed by atoms with Crippen LogP contribution in [0.4, 0.5) is 0 Å². The molecule has 0 amide bonds. The van der Waals surface area contributed by atoms with E-state index in [4.69, 9.17) is 0 Å². The molecule has 0 aliphatic rings. The average molecular weight is 292 g/mol. The van der Waals surface area contributed by atoms with E-state index in [-0.39, 0.29) is 0 Å². The molecule has 0 saturated carbocycles. The van der Waals surface area contributed by atoms with Crippen LogP contribution < -0.4 is 0 Å². The molecule has 1 rings (SSSR count). The van der Waals surface area contributed by atoms with E-state index in [1.54, 1.807) is 0 Å². The molecule has 13 heavy (non-hydrogen) atoms. The zero-order valence-corrected chi connectivity index (χ0v) is 10.6. The Labute approximate surface area is 93.9 Å². The van der Waals surface area contributed by atoms with Crippen LogP contribution in [-0.4, -0.2) is 13.5 Å². The monoisotopic (exact) mass is 292 g/mol. The molecule has 0 spiro atoms. The van der Waals surface area contributed by atoms with E-state index in [0.717, 1.165) is 0 Å². The maximum atomic E-state index is 4.09. The molecule has 0 aliphatic heterocycles. The second-order valence-electron chi connectivity index (χ2n) is 3.84. The van der Waals surface area contributed by atoms with Crippen molar-refractivity contribution in [2.45, 2.75) is 37.2 Å². The molecule has 0 N–H and O–H groups in total. The lowest BCUT2D eigenvalue weighted by Gasteiger charge is -2.23. The summed E-state index contributed by atoms with van der Waals surface area (Å²) in [6, 6.07) is 0.592. The molecule has 0 fully saturated rings. The van der Waals surface area contributed by atoms with E-state index in [0.29, 0.717) is 15.9 Å². The van der Waals surface area contributed by atoms with Crippen LogP contribution in [0.15, 0.2) is 18.7 Å². The van der Waals surface area contributed by atoms with Crippen molar-refractivity contribution in [2.75, 3.05) is 0 Å². The van der Waals surface area contributed by atoms with Gasteiger partial charge in [-0.2, -0.15) is 0 Å². The molecule has 1 aromatic heterocycles. The highest BCUT2D eigenvalue weighted by Crippen LogP contribution is 2.25. The number of nitrogens with zero attached hydrogens (tertiary/aromatic N) is 2. The average Bonchev–Trinajstić information content (AvgIpc) is 2.50. The van der Waals surface area contributed by atoms with E-state index in [2.05, 4.69) is 59.1 Å². The van der Waals surface area contributed by atoms with E-state index in [1.165, 1.54) is 6.42 Å². The van der Waals surface area contributed by atoms with Gasteiger partial charge in [0.2, 0.25) is 0 Å². The fraction of sp³-hybridized carbons (Fsp3) is 0.700. The first kappa shape index (κ1) is 11.0. The lowest BCUT2D eigenvalue weighted by atomic mass is 9.99. The third kappa shape index (κ3) is 3.29. The van der Waals surface area contributed by atoms with E-state index in [9.17, 15) is 0 Å². The highest BCUT2D eigenvalue weighted by molar-refractivity contribution is 14.1. The van der Waals surface area contributed by atoms with E-state index in [1.807, 2.05) is 12.5 Å². The molecule has 3 heteroatoms. The fourth-order valence-electron chi connectivity index (χ4n) is 1.54. The van der Waals surface area contributed by atoms with Gasteiger partial charge in [0, 0.05) is 22.4 Å². The van der Waals surface area contributed by atoms with Crippen LogP contribution in [0.2, 0.25) is 0 Å². The van der Waals surface area contributed by atoms with Crippen LogP contribution in [0, 0.1) is 5.92 Å². The topological polar surface area (TPSA) is 17.8 Å². The van der Waals surface area contributed by atoms with Crippen molar-refractivity contribution >= 4 is 22.6 Å². The number of rotatable bonds is 4. The molecular weight excluding hydrogens is 275 g/mol. The first-order valence-electron chi connectivity index (χ1n) is 4.72. The molecule has 74 valence electrons. The Balaban J connectivity index is 2.69. The summed E-state index contributed by atoms with van der Waals surface area (Å²) in [6.45, 7) is 6.79. The Morgan fingerprint density at radius 1 is 1.38 bits per heavy atom. The zero-order chi connectivity index (χ0) is 9.84. The minimum Gasteiger partial charge on any atom is -0.334 e. The fourth-order valence-corrected chi connectivity index (χ4v) is 2.06. The van der Waals surface area contributed by atoms with Gasteiger partial charge in [-0.1, -0.05) is 43.4 Å². The molecular formula is C10H17IN2. The zero-order valence-electron chi connectivity index (χ0n) is 8.44. The van der Waals surface area contributed by atoms with Crippen molar-refractivity contribution < 1.29 is 0 Å². The molecule has 2 atom stereocenters. The van der Waals surface area contributed by atoms with Gasteiger partial charge in [0.25, 0.3) is 0 Å². The summed E-state index contributed by atoms with van der Waals surface area (Å²) in [6.07, 6.45) is 7.05. The summed E-state index contributed by atoms with van der Waals surface area (Å²) in [7, 11) is 0. The van der Waals surface area contributed by atoms with Crippen molar-refractivity contribution in [1.29, 1.82) is 0 Å². The molecule has 1 heterocycles. The molecule has 0 aromatic carbocycles. The van der Waals surface area contributed by atoms with Crippen LogP contribution >= 0.6 is 22.6 Å². The van der Waals surface area contributed by atoms with Gasteiger partial charge in [0.1, 0.15) is 0 Å². The number of hydrogen-bond donors (Lipinski definition) is 0. The summed E-state index contributed by atoms with van der Waals surface area (Å²) in [4.78, 5) is 4.09. The molecule has 2 unspecified atom stereocenters. The lowest BCUT2D eigenvalue weighted by molar-refractivity contribution is 0.356. The maximum absolute atomic E-state index is 4.09. The molecule has 1 aromatic rings. The molecule has 0 saturated heterocycles. The van der Waals surface area contributed by atoms with Crippen LogP contribution in [0.25, 0.3) is 0 Å². The van der Waals surface area contributed by atoms with Gasteiger partial charge in [0.05, 0.1) is 6.33 Å². The van der Waals surface area contributed by atoms with Gasteiger partial charge < -0.3 is 4.57 Å². The van der Waals surface area contributed by atoms with Gasteiger partial charge in [0.15, 0.2) is 0 Å². The predicted molar refractivity (Wildman–Crippen MR) is 64.2 cm³/mol. The maximum Gasteiger partial charge on any atom is 0.0948 e. The quantitative estimate of drug-likeness (QED) is 0.615. The Morgan fingerprint density at radius 2 is 2.08 bits per heavy atom. The number of aromatic nitrogens is 2. The van der Waals surface area contributed by atoms with Gasteiger partial charge in [-0.3, -0.25) is 0 Å². The van der Waals surface area contributed by atoms with E-state index < -0.39 is 0 Å². The second-order valence-corrected chi connectivity index (χ2v) is 5.96. The normalized spacial score (nSPS) is 16.1. The minimum atomic E-state index is 0.592. The van der Waals surface area contributed by atoms with Crippen LogP contribution in [-0.2, 0) is 0 Å². The Bertz CT molecular complexity index is 229. The first-order valence-corrected chi connectivity index (χ1v) is 5.97. The summed E-state index contributed by atoms with van der Waals surface area (Å²) in [5.74, 6) is 0.673. The van der Waals surface area contributed by atoms with Gasteiger partial charge in [-0.05, 0) is 12.3 Å². The SMILES string of the molecule is CC(I)CC(C(C)C)n1ccnc1. The Kier molecular flexibility index (Phi) is 4.22. The third-order valence-electron chi connectivity index (χ3n) is 2.24. The standard InChI is InChI=1S/C10H17IN2/c1-8(2)10(6-9(3)11)13-5-4-12-7-13/h4-5,7-10H,6H2,1-3H3. The van der Waals surface area contributed by atoms with Crippen molar-refractivity contribution in [3.05, 3.63) is 18.7 Å². The summed E-state index contributed by atoms with van der Waals surface area (Å²) in [5, 5.41) is 0. The molecule has 0 bridgehead atoms. The Morgan fingerprint density at radius 3 is 2.46 bits per heavy atom. The van der Waals surface area contributed by atoms with Crippen molar-refractivity contribution in [3.63, 3.8) is 0 Å². The summed E-state index contributed by atoms with van der Waals surface area (Å²) in [5.41, 5.74) is 0. The van der Waals surface area contributed by atoms with Gasteiger partial charge >= 0.3 is 0 Å². The molecule has 0 radical (unpaired) electrons. The largest absolute Gasteiger partial charge is 0.334 e. The smallest absolute Gasteiger partial charge is 0.0948 e. The number of imidazole rings is 1. The van der Waals surface area contributed by atoms with Crippen LogP contribution in [0.5, 0.6) is 0 Å². The predicted octanol–water partition coefficient (Wildman–Crippen LogP) is 3.29. The highest BCUT2D eigenvalue weighted by Gasteiger charge is 2.16. The number of hydrogen-bond acceptors (Lipinski definition) is 1. The van der Waals surface area contributed by atoms with Crippen LogP contribution in [0.3, 0.4) is 0 Å². The number of halogens is 1.